The number of anilines is 1. The van der Waals surface area contributed by atoms with Crippen molar-refractivity contribution in [3.8, 4) is 11.5 Å². The predicted molar refractivity (Wildman–Crippen MR) is 105 cm³/mol. The number of hydrogen-bond acceptors (Lipinski definition) is 3. The van der Waals surface area contributed by atoms with Gasteiger partial charge in [0.25, 0.3) is 0 Å². The van der Waals surface area contributed by atoms with E-state index in [0.29, 0.717) is 6.54 Å². The van der Waals surface area contributed by atoms with Crippen LogP contribution in [-0.4, -0.2) is 25.8 Å². The number of carbonyl (C=O) groups excluding carboxylic acids is 1. The summed E-state index contributed by atoms with van der Waals surface area (Å²) in [5.74, 6) is 1.60. The zero-order valence-electron chi connectivity index (χ0n) is 16.1. The zero-order valence-corrected chi connectivity index (χ0v) is 16.1. The van der Waals surface area contributed by atoms with Crippen molar-refractivity contribution in [2.45, 2.75) is 39.2 Å². The van der Waals surface area contributed by atoms with Crippen LogP contribution in [0.2, 0.25) is 0 Å². The van der Waals surface area contributed by atoms with Crippen molar-refractivity contribution in [3.63, 3.8) is 0 Å². The summed E-state index contributed by atoms with van der Waals surface area (Å²) in [6.45, 7) is 8.65. The van der Waals surface area contributed by atoms with Crippen molar-refractivity contribution in [2.24, 2.45) is 0 Å². The molecule has 140 valence electrons. The molecule has 0 spiro atoms. The first-order chi connectivity index (χ1) is 12.3. The van der Waals surface area contributed by atoms with Crippen LogP contribution >= 0.6 is 0 Å². The maximum absolute atomic E-state index is 12.2. The summed E-state index contributed by atoms with van der Waals surface area (Å²) < 4.78 is 10.8. The Labute approximate surface area is 155 Å². The van der Waals surface area contributed by atoms with Crippen molar-refractivity contribution in [3.05, 3.63) is 54.1 Å². The third-order valence-corrected chi connectivity index (χ3v) is 4.05. The third kappa shape index (κ3) is 5.69. The number of carbonyl (C=O) groups is 1. The number of urea groups is 1. The fourth-order valence-electron chi connectivity index (χ4n) is 2.51. The minimum absolute atomic E-state index is 0.122. The molecule has 0 radical (unpaired) electrons. The lowest BCUT2D eigenvalue weighted by Crippen LogP contribution is -2.38. The van der Waals surface area contributed by atoms with Crippen LogP contribution < -0.4 is 20.1 Å². The van der Waals surface area contributed by atoms with Crippen molar-refractivity contribution in [2.75, 3.05) is 19.0 Å². The normalized spacial score (nSPS) is 11.2. The first-order valence-corrected chi connectivity index (χ1v) is 8.76. The van der Waals surface area contributed by atoms with Crippen LogP contribution in [0.15, 0.2) is 48.5 Å². The van der Waals surface area contributed by atoms with Crippen LogP contribution in [0.5, 0.6) is 11.5 Å². The molecule has 26 heavy (non-hydrogen) atoms. The molecule has 0 saturated heterocycles. The maximum atomic E-state index is 12.2. The number of amides is 2. The van der Waals surface area contributed by atoms with Gasteiger partial charge in [-0.05, 0) is 55.8 Å². The first kappa shape index (κ1) is 19.6. The molecule has 0 saturated carbocycles. The Hall–Kier alpha value is -2.69. The highest BCUT2D eigenvalue weighted by atomic mass is 16.5. The van der Waals surface area contributed by atoms with Gasteiger partial charge in [0.2, 0.25) is 0 Å². The second-order valence-electron chi connectivity index (χ2n) is 7.11. The molecule has 2 amide bonds. The molecule has 0 atom stereocenters. The van der Waals surface area contributed by atoms with Gasteiger partial charge < -0.3 is 20.1 Å². The van der Waals surface area contributed by atoms with Crippen LogP contribution in [0.4, 0.5) is 10.5 Å². The Morgan fingerprint density at radius 2 is 1.58 bits per heavy atom. The van der Waals surface area contributed by atoms with E-state index in [1.54, 1.807) is 7.11 Å². The quantitative estimate of drug-likeness (QED) is 0.763. The van der Waals surface area contributed by atoms with E-state index in [4.69, 9.17) is 9.47 Å². The number of methoxy groups -OCH3 is 1. The molecule has 0 aliphatic carbocycles. The second-order valence-corrected chi connectivity index (χ2v) is 7.11. The summed E-state index contributed by atoms with van der Waals surface area (Å²) in [7, 11) is 1.65. The van der Waals surface area contributed by atoms with E-state index in [1.165, 1.54) is 0 Å². The van der Waals surface area contributed by atoms with Crippen LogP contribution in [-0.2, 0) is 5.41 Å². The molecule has 5 nitrogen and oxygen atoms in total. The van der Waals surface area contributed by atoms with E-state index in [-0.39, 0.29) is 17.6 Å². The topological polar surface area (TPSA) is 59.6 Å². The predicted octanol–water partition coefficient (Wildman–Crippen LogP) is 4.58. The zero-order chi connectivity index (χ0) is 19.2. The molecule has 0 bridgehead atoms. The average Bonchev–Trinajstić information content (AvgIpc) is 2.61. The SMILES string of the molecule is COc1ccc(C(C)(C)CNC(=O)Nc2ccc(OC(C)C)cc2)cc1. The number of ether oxygens (including phenoxy) is 2. The number of hydrogen-bond donors (Lipinski definition) is 2. The molecule has 2 aromatic rings. The monoisotopic (exact) mass is 356 g/mol. The molecule has 2 N–H and O–H groups in total. The Bertz CT molecular complexity index is 707. The molecule has 0 aromatic heterocycles. The highest BCUT2D eigenvalue weighted by Gasteiger charge is 2.21. The largest absolute Gasteiger partial charge is 0.497 e. The van der Waals surface area contributed by atoms with Gasteiger partial charge in [-0.15, -0.1) is 0 Å². The van der Waals surface area contributed by atoms with Gasteiger partial charge in [-0.2, -0.15) is 0 Å². The lowest BCUT2D eigenvalue weighted by molar-refractivity contribution is 0.242. The third-order valence-electron chi connectivity index (χ3n) is 4.05. The molecule has 0 aliphatic rings. The van der Waals surface area contributed by atoms with E-state index in [2.05, 4.69) is 24.5 Å². The van der Waals surface area contributed by atoms with Crippen LogP contribution in [0.25, 0.3) is 0 Å². The van der Waals surface area contributed by atoms with Gasteiger partial charge in [0, 0.05) is 17.6 Å². The first-order valence-electron chi connectivity index (χ1n) is 8.76. The summed E-state index contributed by atoms with van der Waals surface area (Å²) >= 11 is 0. The number of benzene rings is 2. The fourth-order valence-corrected chi connectivity index (χ4v) is 2.51. The lowest BCUT2D eigenvalue weighted by atomic mass is 9.84. The average molecular weight is 356 g/mol. The van der Waals surface area contributed by atoms with Gasteiger partial charge in [-0.25, -0.2) is 4.79 Å². The molecule has 2 rings (SSSR count). The number of nitrogens with one attached hydrogen (secondary N) is 2. The van der Waals surface area contributed by atoms with Gasteiger partial charge in [0.05, 0.1) is 13.2 Å². The van der Waals surface area contributed by atoms with E-state index in [0.717, 1.165) is 22.7 Å². The minimum atomic E-state index is -0.232. The second kappa shape index (κ2) is 8.61. The molecule has 0 aliphatic heterocycles. The van der Waals surface area contributed by atoms with Gasteiger partial charge in [0.1, 0.15) is 11.5 Å². The van der Waals surface area contributed by atoms with Crippen LogP contribution in [0, 0.1) is 0 Å². The molecule has 0 fully saturated rings. The van der Waals surface area contributed by atoms with E-state index >= 15 is 0 Å². The van der Waals surface area contributed by atoms with E-state index in [1.807, 2.05) is 62.4 Å². The summed E-state index contributed by atoms with van der Waals surface area (Å²) in [6.07, 6.45) is 0.122. The van der Waals surface area contributed by atoms with Gasteiger partial charge in [-0.1, -0.05) is 26.0 Å². The Morgan fingerprint density at radius 3 is 2.12 bits per heavy atom. The Kier molecular flexibility index (Phi) is 6.50. The van der Waals surface area contributed by atoms with Crippen LogP contribution in [0.3, 0.4) is 0 Å². The minimum Gasteiger partial charge on any atom is -0.497 e. The van der Waals surface area contributed by atoms with Gasteiger partial charge in [-0.3, -0.25) is 0 Å². The van der Waals surface area contributed by atoms with Crippen molar-refractivity contribution >= 4 is 11.7 Å². The molecule has 0 unspecified atom stereocenters. The lowest BCUT2D eigenvalue weighted by Gasteiger charge is -2.26. The molecule has 2 aromatic carbocycles. The number of rotatable bonds is 7. The summed E-state index contributed by atoms with van der Waals surface area (Å²) in [6, 6.07) is 15.0. The van der Waals surface area contributed by atoms with E-state index in [9.17, 15) is 4.79 Å². The highest BCUT2D eigenvalue weighted by Crippen LogP contribution is 2.24. The van der Waals surface area contributed by atoms with Crippen LogP contribution in [0.1, 0.15) is 33.3 Å². The van der Waals surface area contributed by atoms with Gasteiger partial charge in [0.15, 0.2) is 0 Å². The summed E-state index contributed by atoms with van der Waals surface area (Å²) in [5, 5.41) is 5.77. The maximum Gasteiger partial charge on any atom is 0.319 e. The Morgan fingerprint density at radius 1 is 1.00 bits per heavy atom. The van der Waals surface area contributed by atoms with E-state index < -0.39 is 0 Å². The highest BCUT2D eigenvalue weighted by molar-refractivity contribution is 5.89. The molecule has 5 heteroatoms. The fraction of sp³-hybridized carbons (Fsp3) is 0.381. The van der Waals surface area contributed by atoms with Crippen molar-refractivity contribution < 1.29 is 14.3 Å². The summed E-state index contributed by atoms with van der Waals surface area (Å²) in [5.41, 5.74) is 1.66. The molecular formula is C21H28N2O3. The van der Waals surface area contributed by atoms with Crippen molar-refractivity contribution in [1.82, 2.24) is 5.32 Å². The summed E-state index contributed by atoms with van der Waals surface area (Å²) in [4.78, 5) is 12.2. The van der Waals surface area contributed by atoms with Crippen molar-refractivity contribution in [1.29, 1.82) is 0 Å². The standard InChI is InChI=1S/C21H28N2O3/c1-15(2)26-19-12-8-17(9-13-19)23-20(24)22-14-21(3,4)16-6-10-18(25-5)11-7-16/h6-13,15H,14H2,1-5H3,(H2,22,23,24). The molecule has 0 heterocycles. The smallest absolute Gasteiger partial charge is 0.319 e. The molecular weight excluding hydrogens is 328 g/mol. The van der Waals surface area contributed by atoms with Gasteiger partial charge >= 0.3 is 6.03 Å². The Balaban J connectivity index is 1.88.